The van der Waals surface area contributed by atoms with Crippen LogP contribution in [0.1, 0.15) is 83.1 Å². The van der Waals surface area contributed by atoms with E-state index in [4.69, 9.17) is 9.47 Å². The van der Waals surface area contributed by atoms with Gasteiger partial charge in [-0.1, -0.05) is 66.8 Å². The van der Waals surface area contributed by atoms with Crippen LogP contribution in [-0.2, 0) is 20.6 Å². The van der Waals surface area contributed by atoms with Crippen LogP contribution in [0.2, 0.25) is 0 Å². The van der Waals surface area contributed by atoms with Crippen LogP contribution < -0.4 is 10.6 Å². The van der Waals surface area contributed by atoms with Crippen molar-refractivity contribution in [3.8, 4) is 0 Å². The number of carbonyl (C=O) groups excluding carboxylic acids is 2. The van der Waals surface area contributed by atoms with Crippen LogP contribution in [0.3, 0.4) is 0 Å². The minimum absolute atomic E-state index is 0.299. The highest BCUT2D eigenvalue weighted by atomic mass is 16.6. The van der Waals surface area contributed by atoms with Gasteiger partial charge in [0.1, 0.15) is 0 Å². The fraction of sp³-hybridized carbons (Fsp3) is 0.419. The van der Waals surface area contributed by atoms with E-state index in [0.717, 1.165) is 39.8 Å². The van der Waals surface area contributed by atoms with E-state index in [1.54, 1.807) is 0 Å². The summed E-state index contributed by atoms with van der Waals surface area (Å²) in [4.78, 5) is 24.6. The molecular formula is C31H42N2O4. The number of ether oxygens (including phenoxy) is 2. The molecule has 0 saturated heterocycles. The normalized spacial score (nSPS) is 11.4. The van der Waals surface area contributed by atoms with Gasteiger partial charge in [0.25, 0.3) is 0 Å². The van der Waals surface area contributed by atoms with Crippen LogP contribution in [-0.4, -0.2) is 25.4 Å². The van der Waals surface area contributed by atoms with Gasteiger partial charge in [-0.05, 0) is 89.1 Å². The van der Waals surface area contributed by atoms with E-state index in [2.05, 4.69) is 23.8 Å². The predicted molar refractivity (Wildman–Crippen MR) is 151 cm³/mol. The molecule has 2 aromatic carbocycles. The van der Waals surface area contributed by atoms with Crippen molar-refractivity contribution < 1.29 is 19.1 Å². The SMILES string of the molecule is C=C(C)c1ccc(C(C)(C)NC(=O)OCCCCCOC(=O)NC(C)(C)c2cccc(C(=C)C)c2)cc1. The molecule has 2 amide bonds. The lowest BCUT2D eigenvalue weighted by Gasteiger charge is -2.27. The average molecular weight is 507 g/mol. The molecule has 0 aliphatic carbocycles. The van der Waals surface area contributed by atoms with Crippen LogP contribution in [0, 0.1) is 0 Å². The fourth-order valence-electron chi connectivity index (χ4n) is 3.78. The maximum Gasteiger partial charge on any atom is 0.407 e. The Morgan fingerprint density at radius 3 is 1.68 bits per heavy atom. The van der Waals surface area contributed by atoms with Crippen LogP contribution >= 0.6 is 0 Å². The first-order valence-corrected chi connectivity index (χ1v) is 12.7. The molecule has 0 aromatic heterocycles. The third-order valence-electron chi connectivity index (χ3n) is 6.26. The first-order valence-electron chi connectivity index (χ1n) is 12.7. The van der Waals surface area contributed by atoms with E-state index in [1.807, 2.05) is 90.1 Å². The molecule has 6 heteroatoms. The number of unbranched alkanes of at least 4 members (excludes halogenated alkanes) is 2. The molecule has 0 spiro atoms. The lowest BCUT2D eigenvalue weighted by atomic mass is 9.92. The minimum Gasteiger partial charge on any atom is -0.450 e. The van der Waals surface area contributed by atoms with Crippen molar-refractivity contribution in [2.75, 3.05) is 13.2 Å². The van der Waals surface area contributed by atoms with Crippen molar-refractivity contribution in [1.82, 2.24) is 10.6 Å². The molecule has 0 unspecified atom stereocenters. The van der Waals surface area contributed by atoms with Crippen molar-refractivity contribution in [3.05, 3.63) is 83.9 Å². The molecule has 2 N–H and O–H groups in total. The van der Waals surface area contributed by atoms with Gasteiger partial charge in [0, 0.05) is 0 Å². The quantitative estimate of drug-likeness (QED) is 0.291. The van der Waals surface area contributed by atoms with Crippen LogP contribution in [0.15, 0.2) is 61.7 Å². The molecule has 2 aromatic rings. The number of alkyl carbamates (subject to hydrolysis) is 2. The third-order valence-corrected chi connectivity index (χ3v) is 6.26. The van der Waals surface area contributed by atoms with Gasteiger partial charge in [0.15, 0.2) is 0 Å². The maximum absolute atomic E-state index is 12.3. The second-order valence-corrected chi connectivity index (χ2v) is 10.6. The zero-order valence-corrected chi connectivity index (χ0v) is 23.2. The molecule has 6 nitrogen and oxygen atoms in total. The highest BCUT2D eigenvalue weighted by Crippen LogP contribution is 2.24. The molecule has 37 heavy (non-hydrogen) atoms. The maximum atomic E-state index is 12.3. The Morgan fingerprint density at radius 1 is 0.703 bits per heavy atom. The van der Waals surface area contributed by atoms with E-state index >= 15 is 0 Å². The standard InChI is InChI=1S/C31H42N2O4/c1-22(2)24-15-17-26(18-16-24)30(5,6)32-28(34)36-19-10-9-11-20-37-29(35)33-31(7,8)27-14-12-13-25(21-27)23(3)4/h12-18,21H,1,3,9-11,19-20H2,2,4-8H3,(H,32,34)(H,33,35). The lowest BCUT2D eigenvalue weighted by Crippen LogP contribution is -2.41. The zero-order valence-electron chi connectivity index (χ0n) is 23.2. The molecule has 0 fully saturated rings. The number of hydrogen-bond acceptors (Lipinski definition) is 4. The Balaban J connectivity index is 1.65. The number of carbonyl (C=O) groups is 2. The number of benzene rings is 2. The summed E-state index contributed by atoms with van der Waals surface area (Å²) >= 11 is 0. The summed E-state index contributed by atoms with van der Waals surface area (Å²) in [5.41, 5.74) is 4.90. The van der Waals surface area contributed by atoms with Gasteiger partial charge >= 0.3 is 12.2 Å². The lowest BCUT2D eigenvalue weighted by molar-refractivity contribution is 0.127. The van der Waals surface area contributed by atoms with E-state index < -0.39 is 23.3 Å². The van der Waals surface area contributed by atoms with Crippen molar-refractivity contribution in [3.63, 3.8) is 0 Å². The summed E-state index contributed by atoms with van der Waals surface area (Å²) in [5.74, 6) is 0. The Hall–Kier alpha value is -3.54. The Morgan fingerprint density at radius 2 is 1.19 bits per heavy atom. The molecule has 2 rings (SSSR count). The van der Waals surface area contributed by atoms with Gasteiger partial charge in [0.2, 0.25) is 0 Å². The first kappa shape index (κ1) is 29.7. The van der Waals surface area contributed by atoms with E-state index in [0.29, 0.717) is 26.1 Å². The molecule has 0 aliphatic heterocycles. The second-order valence-electron chi connectivity index (χ2n) is 10.6. The predicted octanol–water partition coefficient (Wildman–Crippen LogP) is 7.55. The summed E-state index contributed by atoms with van der Waals surface area (Å²) < 4.78 is 10.7. The molecule has 0 bridgehead atoms. The van der Waals surface area contributed by atoms with Crippen molar-refractivity contribution in [2.45, 2.75) is 71.9 Å². The summed E-state index contributed by atoms with van der Waals surface area (Å²) in [7, 11) is 0. The summed E-state index contributed by atoms with van der Waals surface area (Å²) in [5, 5.41) is 5.84. The summed E-state index contributed by atoms with van der Waals surface area (Å²) in [6.45, 7) is 20.2. The molecule has 0 heterocycles. The number of amides is 2. The molecule has 0 aliphatic rings. The van der Waals surface area contributed by atoms with Gasteiger partial charge in [-0.3, -0.25) is 0 Å². The van der Waals surface area contributed by atoms with Crippen molar-refractivity contribution in [2.24, 2.45) is 0 Å². The number of allylic oxidation sites excluding steroid dienone is 2. The van der Waals surface area contributed by atoms with E-state index in [9.17, 15) is 9.59 Å². The third kappa shape index (κ3) is 9.45. The van der Waals surface area contributed by atoms with Gasteiger partial charge in [-0.2, -0.15) is 0 Å². The van der Waals surface area contributed by atoms with Crippen LogP contribution in [0.5, 0.6) is 0 Å². The molecule has 200 valence electrons. The Kier molecular flexibility index (Phi) is 10.5. The second kappa shape index (κ2) is 13.1. The first-order chi connectivity index (χ1) is 17.3. The largest absolute Gasteiger partial charge is 0.450 e. The molecule has 0 saturated carbocycles. The van der Waals surface area contributed by atoms with Crippen LogP contribution in [0.25, 0.3) is 11.1 Å². The smallest absolute Gasteiger partial charge is 0.407 e. The highest BCUT2D eigenvalue weighted by Gasteiger charge is 2.25. The van der Waals surface area contributed by atoms with Gasteiger partial charge in [0.05, 0.1) is 24.3 Å². The number of nitrogens with one attached hydrogen (secondary N) is 2. The molecule has 0 radical (unpaired) electrons. The Labute approximate surface area is 222 Å². The van der Waals surface area contributed by atoms with Crippen molar-refractivity contribution >= 4 is 23.3 Å². The average Bonchev–Trinajstić information content (AvgIpc) is 2.83. The van der Waals surface area contributed by atoms with Gasteiger partial charge < -0.3 is 20.1 Å². The number of hydrogen-bond donors (Lipinski definition) is 2. The number of rotatable bonds is 12. The molecular weight excluding hydrogens is 464 g/mol. The van der Waals surface area contributed by atoms with E-state index in [-0.39, 0.29) is 0 Å². The van der Waals surface area contributed by atoms with Gasteiger partial charge in [-0.25, -0.2) is 9.59 Å². The summed E-state index contributed by atoms with van der Waals surface area (Å²) in [6.07, 6.45) is 1.23. The van der Waals surface area contributed by atoms with Gasteiger partial charge in [-0.15, -0.1) is 0 Å². The fourth-order valence-corrected chi connectivity index (χ4v) is 3.78. The monoisotopic (exact) mass is 506 g/mol. The zero-order chi connectivity index (χ0) is 27.6. The summed E-state index contributed by atoms with van der Waals surface area (Å²) in [6, 6.07) is 15.9. The van der Waals surface area contributed by atoms with Crippen LogP contribution in [0.4, 0.5) is 9.59 Å². The van der Waals surface area contributed by atoms with E-state index in [1.165, 1.54) is 0 Å². The Bertz CT molecular complexity index is 1100. The highest BCUT2D eigenvalue weighted by molar-refractivity contribution is 5.69. The van der Waals surface area contributed by atoms with Crippen molar-refractivity contribution in [1.29, 1.82) is 0 Å². The topological polar surface area (TPSA) is 76.7 Å². The molecule has 0 atom stereocenters. The minimum atomic E-state index is -0.579.